The Morgan fingerprint density at radius 3 is 2.79 bits per heavy atom. The number of hydrogen-bond donors (Lipinski definition) is 2. The van der Waals surface area contributed by atoms with Crippen LogP contribution >= 0.6 is 0 Å². The lowest BCUT2D eigenvalue weighted by atomic mass is 10.1. The fraction of sp³-hybridized carbons (Fsp3) is 0.278. The van der Waals surface area contributed by atoms with Crippen molar-refractivity contribution in [2.45, 2.75) is 19.3 Å². The van der Waals surface area contributed by atoms with Gasteiger partial charge in [0.05, 0.1) is 6.54 Å². The van der Waals surface area contributed by atoms with Gasteiger partial charge >= 0.3 is 0 Å². The van der Waals surface area contributed by atoms with E-state index in [1.807, 2.05) is 6.07 Å². The monoisotopic (exact) mass is 331 g/mol. The van der Waals surface area contributed by atoms with Crippen molar-refractivity contribution in [1.29, 1.82) is 0 Å². The predicted molar refractivity (Wildman–Crippen MR) is 90.4 cm³/mol. The van der Waals surface area contributed by atoms with E-state index in [0.29, 0.717) is 0 Å². The Balaban J connectivity index is 1.49. The van der Waals surface area contributed by atoms with Crippen LogP contribution in [0.3, 0.4) is 0 Å². The van der Waals surface area contributed by atoms with Crippen molar-refractivity contribution in [3.8, 4) is 5.75 Å². The summed E-state index contributed by atoms with van der Waals surface area (Å²) in [6, 6.07) is 9.36. The molecule has 0 atom stereocenters. The van der Waals surface area contributed by atoms with E-state index in [2.05, 4.69) is 22.4 Å². The highest BCUT2D eigenvalue weighted by atomic mass is 19.1. The molecule has 6 heteroatoms. The number of ether oxygens (including phenoxy) is 1. The van der Waals surface area contributed by atoms with E-state index in [0.717, 1.165) is 30.7 Å². The lowest BCUT2D eigenvalue weighted by molar-refractivity contribution is 0.310. The number of nitrogens with one attached hydrogen (secondary N) is 1. The zero-order valence-corrected chi connectivity index (χ0v) is 13.2. The van der Waals surface area contributed by atoms with Crippen molar-refractivity contribution in [3.63, 3.8) is 0 Å². The molecule has 2 aromatic rings. The fourth-order valence-electron chi connectivity index (χ4n) is 2.75. The van der Waals surface area contributed by atoms with Gasteiger partial charge in [-0.2, -0.15) is 0 Å². The molecule has 126 valence electrons. The molecule has 0 amide bonds. The first-order valence-corrected chi connectivity index (χ1v) is 7.88. The molecule has 0 saturated carbocycles. The van der Waals surface area contributed by atoms with E-state index >= 15 is 0 Å². The molecule has 2 aromatic carbocycles. The van der Waals surface area contributed by atoms with Crippen molar-refractivity contribution in [3.05, 3.63) is 59.2 Å². The maximum absolute atomic E-state index is 13.4. The lowest BCUT2D eigenvalue weighted by Crippen LogP contribution is -2.23. The number of rotatable bonds is 5. The second-order valence-electron chi connectivity index (χ2n) is 5.65. The quantitative estimate of drug-likeness (QED) is 0.502. The van der Waals surface area contributed by atoms with E-state index in [1.54, 1.807) is 0 Å². The summed E-state index contributed by atoms with van der Waals surface area (Å²) in [5, 5.41) is 3.04. The van der Waals surface area contributed by atoms with Gasteiger partial charge in [-0.15, -0.1) is 0 Å². The molecule has 0 bridgehead atoms. The van der Waals surface area contributed by atoms with E-state index in [4.69, 9.17) is 10.5 Å². The summed E-state index contributed by atoms with van der Waals surface area (Å²) in [7, 11) is 0. The molecule has 24 heavy (non-hydrogen) atoms. The zero-order chi connectivity index (χ0) is 16.9. The Hall–Kier alpha value is -2.63. The molecule has 1 aliphatic carbocycles. The van der Waals surface area contributed by atoms with Gasteiger partial charge in [0, 0.05) is 11.8 Å². The average molecular weight is 331 g/mol. The van der Waals surface area contributed by atoms with E-state index in [1.165, 1.54) is 23.6 Å². The summed E-state index contributed by atoms with van der Waals surface area (Å²) in [6.45, 7) is 0.412. The number of nitrogens with two attached hydrogens (primary N) is 1. The minimum atomic E-state index is -0.733. The normalized spacial score (nSPS) is 13.7. The number of guanidine groups is 1. The number of aliphatic imine (C=N–C) groups is 1. The first kappa shape index (κ1) is 16.2. The van der Waals surface area contributed by atoms with E-state index in [-0.39, 0.29) is 24.9 Å². The van der Waals surface area contributed by atoms with Gasteiger partial charge < -0.3 is 15.8 Å². The molecule has 4 nitrogen and oxygen atoms in total. The molecule has 0 spiro atoms. The molecule has 0 heterocycles. The predicted octanol–water partition coefficient (Wildman–Crippen LogP) is 3.26. The van der Waals surface area contributed by atoms with E-state index < -0.39 is 11.6 Å². The van der Waals surface area contributed by atoms with Gasteiger partial charge in [0.15, 0.2) is 17.5 Å². The van der Waals surface area contributed by atoms with Crippen molar-refractivity contribution in [2.75, 3.05) is 18.5 Å². The van der Waals surface area contributed by atoms with Crippen LogP contribution in [0, 0.1) is 11.6 Å². The fourth-order valence-corrected chi connectivity index (χ4v) is 2.75. The third-order valence-electron chi connectivity index (χ3n) is 3.90. The van der Waals surface area contributed by atoms with Gasteiger partial charge in [-0.25, -0.2) is 13.8 Å². The Kier molecular flexibility index (Phi) is 4.93. The molecule has 0 aromatic heterocycles. The molecular weight excluding hydrogens is 312 g/mol. The van der Waals surface area contributed by atoms with Gasteiger partial charge in [0.2, 0.25) is 0 Å². The first-order valence-electron chi connectivity index (χ1n) is 7.88. The highest BCUT2D eigenvalue weighted by molar-refractivity contribution is 5.92. The van der Waals surface area contributed by atoms with Crippen molar-refractivity contribution in [2.24, 2.45) is 10.7 Å². The first-order chi connectivity index (χ1) is 11.6. The van der Waals surface area contributed by atoms with Gasteiger partial charge in [-0.05, 0) is 54.7 Å². The summed E-state index contributed by atoms with van der Waals surface area (Å²) in [4.78, 5) is 4.14. The second kappa shape index (κ2) is 7.29. The maximum atomic E-state index is 13.4. The van der Waals surface area contributed by atoms with Gasteiger partial charge in [-0.1, -0.05) is 6.07 Å². The highest BCUT2D eigenvalue weighted by Crippen LogP contribution is 2.24. The van der Waals surface area contributed by atoms with Crippen LogP contribution in [-0.4, -0.2) is 19.1 Å². The summed E-state index contributed by atoms with van der Waals surface area (Å²) in [5.74, 6) is -1.10. The van der Waals surface area contributed by atoms with Crippen LogP contribution in [-0.2, 0) is 12.8 Å². The number of halogens is 2. The number of aryl methyl sites for hydroxylation is 2. The van der Waals surface area contributed by atoms with Crippen LogP contribution in [0.5, 0.6) is 5.75 Å². The Labute approximate surface area is 139 Å². The van der Waals surface area contributed by atoms with Crippen LogP contribution in [0.4, 0.5) is 14.5 Å². The molecule has 3 rings (SSSR count). The Morgan fingerprint density at radius 2 is 1.96 bits per heavy atom. The zero-order valence-electron chi connectivity index (χ0n) is 13.2. The SMILES string of the molecule is NC(=NCCOc1ccc(F)cc1F)Nc1ccc2c(c1)CCC2. The third-order valence-corrected chi connectivity index (χ3v) is 3.90. The van der Waals surface area contributed by atoms with Crippen LogP contribution in [0.15, 0.2) is 41.4 Å². The largest absolute Gasteiger partial charge is 0.489 e. The Morgan fingerprint density at radius 1 is 1.12 bits per heavy atom. The molecule has 0 aliphatic heterocycles. The van der Waals surface area contributed by atoms with Crippen LogP contribution < -0.4 is 15.8 Å². The average Bonchev–Trinajstić information content (AvgIpc) is 3.01. The standard InChI is InChI=1S/C18H19F2N3O/c19-14-5-7-17(16(20)11-14)24-9-8-22-18(21)23-15-6-4-12-2-1-3-13(12)10-15/h4-7,10-11H,1-3,8-9H2,(H3,21,22,23). The topological polar surface area (TPSA) is 59.6 Å². The molecule has 3 N–H and O–H groups in total. The number of nitrogens with zero attached hydrogens (tertiary/aromatic N) is 1. The van der Waals surface area contributed by atoms with Crippen molar-refractivity contribution < 1.29 is 13.5 Å². The second-order valence-corrected chi connectivity index (χ2v) is 5.65. The van der Waals surface area contributed by atoms with Crippen molar-refractivity contribution in [1.82, 2.24) is 0 Å². The van der Waals surface area contributed by atoms with E-state index in [9.17, 15) is 8.78 Å². The molecule has 0 unspecified atom stereocenters. The number of benzene rings is 2. The molecular formula is C18H19F2N3O. The minimum Gasteiger partial charge on any atom is -0.489 e. The number of anilines is 1. The molecule has 1 aliphatic rings. The summed E-state index contributed by atoms with van der Waals surface area (Å²) in [5.41, 5.74) is 9.49. The lowest BCUT2D eigenvalue weighted by Gasteiger charge is -2.09. The molecule has 0 saturated heterocycles. The van der Waals surface area contributed by atoms with Crippen molar-refractivity contribution >= 4 is 11.6 Å². The van der Waals surface area contributed by atoms with Gasteiger partial charge in [0.1, 0.15) is 12.4 Å². The van der Waals surface area contributed by atoms with Crippen LogP contribution in [0.25, 0.3) is 0 Å². The highest BCUT2D eigenvalue weighted by Gasteiger charge is 2.10. The number of hydrogen-bond acceptors (Lipinski definition) is 2. The van der Waals surface area contributed by atoms with Crippen LogP contribution in [0.2, 0.25) is 0 Å². The smallest absolute Gasteiger partial charge is 0.193 e. The molecule has 0 radical (unpaired) electrons. The van der Waals surface area contributed by atoms with Gasteiger partial charge in [-0.3, -0.25) is 0 Å². The summed E-state index contributed by atoms with van der Waals surface area (Å²) >= 11 is 0. The van der Waals surface area contributed by atoms with Crippen LogP contribution in [0.1, 0.15) is 17.5 Å². The van der Waals surface area contributed by atoms with Gasteiger partial charge in [0.25, 0.3) is 0 Å². The number of fused-ring (bicyclic) bond motifs is 1. The molecule has 0 fully saturated rings. The Bertz CT molecular complexity index is 762. The third kappa shape index (κ3) is 4.01. The maximum Gasteiger partial charge on any atom is 0.193 e. The minimum absolute atomic E-state index is 0.00301. The summed E-state index contributed by atoms with van der Waals surface area (Å²) in [6.07, 6.45) is 3.43. The summed E-state index contributed by atoms with van der Waals surface area (Å²) < 4.78 is 31.4.